The Labute approximate surface area is 130 Å². The Morgan fingerprint density at radius 1 is 0.905 bits per heavy atom. The van der Waals surface area contributed by atoms with Crippen LogP contribution in [0.5, 0.6) is 5.75 Å². The molecule has 118 valence electrons. The molecule has 2 rings (SSSR count). The fourth-order valence-corrected chi connectivity index (χ4v) is 4.53. The molecular weight excluding hydrogens is 258 g/mol. The molecule has 0 unspecified atom stereocenters. The molecular formula is C19H31NO. The second kappa shape index (κ2) is 5.31. The van der Waals surface area contributed by atoms with Crippen LogP contribution in [0.25, 0.3) is 0 Å². The van der Waals surface area contributed by atoms with Crippen molar-refractivity contribution in [2.45, 2.75) is 72.4 Å². The Balaban J connectivity index is 2.26. The van der Waals surface area contributed by atoms with Crippen molar-refractivity contribution in [3.8, 4) is 5.75 Å². The van der Waals surface area contributed by atoms with Crippen molar-refractivity contribution >= 4 is 0 Å². The van der Waals surface area contributed by atoms with Crippen molar-refractivity contribution in [1.82, 2.24) is 0 Å². The third-order valence-corrected chi connectivity index (χ3v) is 4.35. The van der Waals surface area contributed by atoms with Gasteiger partial charge in [-0.15, -0.1) is 0 Å². The number of benzene rings is 1. The van der Waals surface area contributed by atoms with Gasteiger partial charge in [-0.05, 0) is 61.6 Å². The Kier molecular flexibility index (Phi) is 4.14. The first kappa shape index (κ1) is 16.4. The van der Waals surface area contributed by atoms with Gasteiger partial charge >= 0.3 is 0 Å². The molecule has 1 aromatic carbocycles. The fraction of sp³-hybridized carbons (Fsp3) is 0.684. The minimum Gasteiger partial charge on any atom is -0.491 e. The van der Waals surface area contributed by atoms with E-state index < -0.39 is 0 Å². The number of ether oxygens (including phenoxy) is 1. The summed E-state index contributed by atoms with van der Waals surface area (Å²) in [4.78, 5) is 0. The molecule has 0 radical (unpaired) electrons. The summed E-state index contributed by atoms with van der Waals surface area (Å²) in [5.41, 5.74) is 8.41. The van der Waals surface area contributed by atoms with Gasteiger partial charge in [0.05, 0.1) is 6.10 Å². The van der Waals surface area contributed by atoms with Crippen molar-refractivity contribution in [3.63, 3.8) is 0 Å². The predicted octanol–water partition coefficient (Wildman–Crippen LogP) is 4.86. The van der Waals surface area contributed by atoms with Crippen LogP contribution in [0.4, 0.5) is 0 Å². The molecule has 0 heterocycles. The maximum Gasteiger partial charge on any atom is 0.119 e. The van der Waals surface area contributed by atoms with E-state index in [2.05, 4.69) is 52.0 Å². The van der Waals surface area contributed by atoms with Crippen LogP contribution in [-0.4, -0.2) is 6.10 Å². The van der Waals surface area contributed by atoms with Crippen LogP contribution >= 0.6 is 0 Å². The molecule has 1 saturated carbocycles. The van der Waals surface area contributed by atoms with Crippen molar-refractivity contribution in [3.05, 3.63) is 29.8 Å². The summed E-state index contributed by atoms with van der Waals surface area (Å²) in [5, 5.41) is 0. The summed E-state index contributed by atoms with van der Waals surface area (Å²) in [6.07, 6.45) is 3.50. The van der Waals surface area contributed by atoms with Gasteiger partial charge < -0.3 is 10.5 Å². The van der Waals surface area contributed by atoms with Gasteiger partial charge in [0.15, 0.2) is 0 Å². The molecule has 1 aliphatic rings. The fourth-order valence-electron chi connectivity index (χ4n) is 4.53. The van der Waals surface area contributed by atoms with Crippen LogP contribution in [0.1, 0.15) is 66.4 Å². The first-order valence-corrected chi connectivity index (χ1v) is 8.08. The summed E-state index contributed by atoms with van der Waals surface area (Å²) in [7, 11) is 0. The monoisotopic (exact) mass is 289 g/mol. The summed E-state index contributed by atoms with van der Waals surface area (Å²) < 4.78 is 5.73. The molecule has 0 amide bonds. The molecule has 0 aliphatic heterocycles. The van der Waals surface area contributed by atoms with E-state index in [4.69, 9.17) is 10.5 Å². The van der Waals surface area contributed by atoms with E-state index in [1.54, 1.807) is 0 Å². The molecule has 1 aliphatic carbocycles. The van der Waals surface area contributed by atoms with Gasteiger partial charge in [0, 0.05) is 5.54 Å². The highest BCUT2D eigenvalue weighted by Crippen LogP contribution is 2.52. The molecule has 21 heavy (non-hydrogen) atoms. The highest BCUT2D eigenvalue weighted by atomic mass is 16.5. The zero-order valence-corrected chi connectivity index (χ0v) is 14.5. The average molecular weight is 289 g/mol. The Bertz CT molecular complexity index is 469. The van der Waals surface area contributed by atoms with Crippen LogP contribution in [-0.2, 0) is 5.54 Å². The van der Waals surface area contributed by atoms with Crippen molar-refractivity contribution in [1.29, 1.82) is 0 Å². The summed E-state index contributed by atoms with van der Waals surface area (Å²) in [6.45, 7) is 13.4. The molecule has 2 N–H and O–H groups in total. The van der Waals surface area contributed by atoms with E-state index in [0.717, 1.165) is 18.6 Å². The predicted molar refractivity (Wildman–Crippen MR) is 89.5 cm³/mol. The smallest absolute Gasteiger partial charge is 0.119 e. The highest BCUT2D eigenvalue weighted by molar-refractivity contribution is 5.33. The van der Waals surface area contributed by atoms with Crippen LogP contribution in [0.3, 0.4) is 0 Å². The van der Waals surface area contributed by atoms with Crippen LogP contribution in [0, 0.1) is 10.8 Å². The van der Waals surface area contributed by atoms with Gasteiger partial charge in [0.2, 0.25) is 0 Å². The lowest BCUT2D eigenvalue weighted by molar-refractivity contribution is 0.0470. The molecule has 0 spiro atoms. The highest BCUT2D eigenvalue weighted by Gasteiger charge is 2.46. The third kappa shape index (κ3) is 4.00. The van der Waals surface area contributed by atoms with E-state index in [9.17, 15) is 0 Å². The normalized spacial score (nSPS) is 23.0. The van der Waals surface area contributed by atoms with Gasteiger partial charge in [-0.1, -0.05) is 39.8 Å². The summed E-state index contributed by atoms with van der Waals surface area (Å²) in [6, 6.07) is 8.40. The number of hydrogen-bond acceptors (Lipinski definition) is 2. The third-order valence-electron chi connectivity index (χ3n) is 4.35. The lowest BCUT2D eigenvalue weighted by atomic mass is 9.57. The van der Waals surface area contributed by atoms with E-state index >= 15 is 0 Å². The topological polar surface area (TPSA) is 35.2 Å². The lowest BCUT2D eigenvalue weighted by Crippen LogP contribution is -2.49. The molecule has 0 bridgehead atoms. The minimum atomic E-state index is -0.235. The number of hydrogen-bond donors (Lipinski definition) is 1. The quantitative estimate of drug-likeness (QED) is 0.862. The molecule has 2 nitrogen and oxygen atoms in total. The Morgan fingerprint density at radius 2 is 1.38 bits per heavy atom. The van der Waals surface area contributed by atoms with E-state index in [-0.39, 0.29) is 22.5 Å². The molecule has 0 aromatic heterocycles. The number of nitrogens with two attached hydrogens (primary N) is 1. The summed E-state index contributed by atoms with van der Waals surface area (Å²) >= 11 is 0. The molecule has 2 heteroatoms. The van der Waals surface area contributed by atoms with Gasteiger partial charge in [-0.3, -0.25) is 0 Å². The number of rotatable bonds is 3. The van der Waals surface area contributed by atoms with Crippen molar-refractivity contribution in [2.75, 3.05) is 0 Å². The second-order valence-electron chi connectivity index (χ2n) is 8.71. The maximum absolute atomic E-state index is 6.84. The molecule has 1 fully saturated rings. The maximum atomic E-state index is 6.84. The zero-order valence-electron chi connectivity index (χ0n) is 14.5. The van der Waals surface area contributed by atoms with Gasteiger partial charge in [0.1, 0.15) is 5.75 Å². The van der Waals surface area contributed by atoms with Crippen LogP contribution in [0.15, 0.2) is 24.3 Å². The van der Waals surface area contributed by atoms with Gasteiger partial charge in [0.25, 0.3) is 0 Å². The SMILES string of the molecule is CC(C)Oc1ccc(C2(N)CC(C)(C)CC(C)(C)C2)cc1. The van der Waals surface area contributed by atoms with Crippen LogP contribution in [0.2, 0.25) is 0 Å². The van der Waals surface area contributed by atoms with Gasteiger partial charge in [-0.25, -0.2) is 0 Å². The van der Waals surface area contributed by atoms with Crippen LogP contribution < -0.4 is 10.5 Å². The first-order valence-electron chi connectivity index (χ1n) is 8.08. The molecule has 1 aromatic rings. The average Bonchev–Trinajstić information content (AvgIpc) is 2.23. The van der Waals surface area contributed by atoms with Crippen molar-refractivity contribution in [2.24, 2.45) is 16.6 Å². The van der Waals surface area contributed by atoms with E-state index in [0.29, 0.717) is 0 Å². The zero-order chi connectivity index (χ0) is 15.9. The van der Waals surface area contributed by atoms with Gasteiger partial charge in [-0.2, -0.15) is 0 Å². The second-order valence-corrected chi connectivity index (χ2v) is 8.71. The van der Waals surface area contributed by atoms with E-state index in [1.807, 2.05) is 13.8 Å². The molecule has 0 atom stereocenters. The minimum absolute atomic E-state index is 0.204. The molecule has 0 saturated heterocycles. The van der Waals surface area contributed by atoms with Crippen molar-refractivity contribution < 1.29 is 4.74 Å². The Morgan fingerprint density at radius 3 is 1.81 bits per heavy atom. The standard InChI is InChI=1S/C19H31NO/c1-14(2)21-16-9-7-15(8-10-16)19(20)12-17(3,4)11-18(5,6)13-19/h7-10,14H,11-13,20H2,1-6H3. The lowest BCUT2D eigenvalue weighted by Gasteiger charge is -2.50. The Hall–Kier alpha value is -1.02. The summed E-state index contributed by atoms with van der Waals surface area (Å²) in [5.74, 6) is 0.923. The first-order chi connectivity index (χ1) is 9.51. The largest absolute Gasteiger partial charge is 0.491 e. The van der Waals surface area contributed by atoms with E-state index in [1.165, 1.54) is 12.0 Å².